The van der Waals surface area contributed by atoms with Crippen molar-refractivity contribution in [2.24, 2.45) is 0 Å². The van der Waals surface area contributed by atoms with Gasteiger partial charge in [-0.25, -0.2) is 4.98 Å². The highest BCUT2D eigenvalue weighted by Gasteiger charge is 2.09. The Morgan fingerprint density at radius 3 is 2.70 bits per heavy atom. The van der Waals surface area contributed by atoms with Crippen LogP contribution in [0.15, 0.2) is 29.0 Å². The Balaban J connectivity index is 2.30. The maximum atomic E-state index is 5.75. The number of aromatic nitrogens is 3. The van der Waals surface area contributed by atoms with Crippen molar-refractivity contribution < 1.29 is 4.74 Å². The van der Waals surface area contributed by atoms with Gasteiger partial charge in [0.25, 0.3) is 0 Å². The average Bonchev–Trinajstić information content (AvgIpc) is 2.38. The summed E-state index contributed by atoms with van der Waals surface area (Å²) >= 11 is 3.36. The molecule has 0 aromatic carbocycles. The first-order chi connectivity index (χ1) is 9.58. The van der Waals surface area contributed by atoms with Crippen LogP contribution in [0.25, 0.3) is 0 Å². The maximum Gasteiger partial charge on any atom is 0.224 e. The van der Waals surface area contributed by atoms with Gasteiger partial charge in [-0.05, 0) is 28.9 Å². The van der Waals surface area contributed by atoms with E-state index in [2.05, 4.69) is 50.0 Å². The van der Waals surface area contributed by atoms with E-state index in [0.717, 1.165) is 22.7 Å². The summed E-state index contributed by atoms with van der Waals surface area (Å²) in [6.07, 6.45) is 3.35. The Morgan fingerprint density at radius 2 is 2.05 bits per heavy atom. The van der Waals surface area contributed by atoms with E-state index in [4.69, 9.17) is 4.74 Å². The molecule has 2 rings (SSSR count). The SMILES string of the molecule is CCNc1cc(Oc2cncc(Br)c2)nc(C(C)C)n1. The fraction of sp³-hybridized carbons (Fsp3) is 0.357. The summed E-state index contributed by atoms with van der Waals surface area (Å²) < 4.78 is 6.61. The van der Waals surface area contributed by atoms with Gasteiger partial charge in [0.2, 0.25) is 5.88 Å². The third-order valence-corrected chi connectivity index (χ3v) is 2.93. The second-order valence-corrected chi connectivity index (χ2v) is 5.49. The first kappa shape index (κ1) is 14.7. The van der Waals surface area contributed by atoms with Crippen molar-refractivity contribution in [3.05, 3.63) is 34.8 Å². The topological polar surface area (TPSA) is 59.9 Å². The number of nitrogens with one attached hydrogen (secondary N) is 1. The summed E-state index contributed by atoms with van der Waals surface area (Å²) in [5.74, 6) is 2.90. The molecule has 1 N–H and O–H groups in total. The minimum atomic E-state index is 0.233. The second-order valence-electron chi connectivity index (χ2n) is 4.58. The van der Waals surface area contributed by atoms with Gasteiger partial charge >= 0.3 is 0 Å². The molecule has 0 bridgehead atoms. The molecule has 0 unspecified atom stereocenters. The molecule has 0 saturated carbocycles. The predicted octanol–water partition coefficient (Wildman–Crippen LogP) is 3.98. The summed E-state index contributed by atoms with van der Waals surface area (Å²) in [6.45, 7) is 6.92. The van der Waals surface area contributed by atoms with E-state index in [0.29, 0.717) is 11.6 Å². The Morgan fingerprint density at radius 1 is 1.25 bits per heavy atom. The Kier molecular flexibility index (Phi) is 4.89. The second kappa shape index (κ2) is 6.65. The minimum absolute atomic E-state index is 0.233. The van der Waals surface area contributed by atoms with E-state index < -0.39 is 0 Å². The highest BCUT2D eigenvalue weighted by atomic mass is 79.9. The normalized spacial score (nSPS) is 10.7. The van der Waals surface area contributed by atoms with E-state index in [1.807, 2.05) is 13.0 Å². The number of halogens is 1. The van der Waals surface area contributed by atoms with Crippen molar-refractivity contribution in [2.45, 2.75) is 26.7 Å². The molecule has 0 aliphatic heterocycles. The van der Waals surface area contributed by atoms with Crippen molar-refractivity contribution in [3.63, 3.8) is 0 Å². The van der Waals surface area contributed by atoms with Crippen molar-refractivity contribution in [1.82, 2.24) is 15.0 Å². The molecule has 6 heteroatoms. The minimum Gasteiger partial charge on any atom is -0.437 e. The van der Waals surface area contributed by atoms with E-state index in [9.17, 15) is 0 Å². The number of pyridine rings is 1. The Hall–Kier alpha value is -1.69. The van der Waals surface area contributed by atoms with Crippen molar-refractivity contribution in [2.75, 3.05) is 11.9 Å². The first-order valence-electron chi connectivity index (χ1n) is 6.49. The molecule has 0 fully saturated rings. The molecule has 106 valence electrons. The van der Waals surface area contributed by atoms with Crippen LogP contribution in [0.1, 0.15) is 32.5 Å². The lowest BCUT2D eigenvalue weighted by molar-refractivity contribution is 0.455. The van der Waals surface area contributed by atoms with Crippen LogP contribution in [0.5, 0.6) is 11.6 Å². The largest absolute Gasteiger partial charge is 0.437 e. The van der Waals surface area contributed by atoms with Gasteiger partial charge in [0.1, 0.15) is 17.4 Å². The van der Waals surface area contributed by atoms with Gasteiger partial charge < -0.3 is 10.1 Å². The van der Waals surface area contributed by atoms with Gasteiger partial charge in [-0.1, -0.05) is 13.8 Å². The summed E-state index contributed by atoms with van der Waals surface area (Å²) in [5.41, 5.74) is 0. The zero-order valence-corrected chi connectivity index (χ0v) is 13.3. The molecule has 0 aliphatic carbocycles. The molecular formula is C14H17BrN4O. The number of nitrogens with zero attached hydrogens (tertiary/aromatic N) is 3. The van der Waals surface area contributed by atoms with E-state index >= 15 is 0 Å². The smallest absolute Gasteiger partial charge is 0.224 e. The zero-order chi connectivity index (χ0) is 14.5. The molecule has 2 aromatic heterocycles. The molecule has 0 amide bonds. The van der Waals surface area contributed by atoms with Crippen LogP contribution in [-0.2, 0) is 0 Å². The fourth-order valence-electron chi connectivity index (χ4n) is 1.59. The van der Waals surface area contributed by atoms with Gasteiger partial charge in [-0.15, -0.1) is 0 Å². The summed E-state index contributed by atoms with van der Waals surface area (Å²) in [6, 6.07) is 3.63. The highest BCUT2D eigenvalue weighted by Crippen LogP contribution is 2.25. The van der Waals surface area contributed by atoms with Crippen LogP contribution < -0.4 is 10.1 Å². The Bertz CT molecular complexity index is 589. The first-order valence-corrected chi connectivity index (χ1v) is 7.29. The van der Waals surface area contributed by atoms with E-state index in [1.54, 1.807) is 18.5 Å². The highest BCUT2D eigenvalue weighted by molar-refractivity contribution is 9.10. The number of anilines is 1. The van der Waals surface area contributed by atoms with Crippen LogP contribution in [0.4, 0.5) is 5.82 Å². The van der Waals surface area contributed by atoms with Gasteiger partial charge in [0, 0.05) is 29.2 Å². The molecule has 2 heterocycles. The monoisotopic (exact) mass is 336 g/mol. The number of rotatable bonds is 5. The van der Waals surface area contributed by atoms with Gasteiger partial charge in [-0.2, -0.15) is 4.98 Å². The number of ether oxygens (including phenoxy) is 1. The van der Waals surface area contributed by atoms with Crippen LogP contribution >= 0.6 is 15.9 Å². The summed E-state index contributed by atoms with van der Waals surface area (Å²) in [4.78, 5) is 12.9. The third kappa shape index (κ3) is 3.90. The number of hydrogen-bond donors (Lipinski definition) is 1. The van der Waals surface area contributed by atoms with Crippen molar-refractivity contribution in [1.29, 1.82) is 0 Å². The lowest BCUT2D eigenvalue weighted by Gasteiger charge is -2.11. The quantitative estimate of drug-likeness (QED) is 0.894. The lowest BCUT2D eigenvalue weighted by atomic mass is 10.2. The molecule has 0 radical (unpaired) electrons. The van der Waals surface area contributed by atoms with Crippen molar-refractivity contribution in [3.8, 4) is 11.6 Å². The molecule has 20 heavy (non-hydrogen) atoms. The lowest BCUT2D eigenvalue weighted by Crippen LogP contribution is -2.05. The molecular weight excluding hydrogens is 320 g/mol. The van der Waals surface area contributed by atoms with Crippen LogP contribution in [0.3, 0.4) is 0 Å². The average molecular weight is 337 g/mol. The van der Waals surface area contributed by atoms with Crippen molar-refractivity contribution >= 4 is 21.7 Å². The molecule has 5 nitrogen and oxygen atoms in total. The number of hydrogen-bond acceptors (Lipinski definition) is 5. The Labute approximate surface area is 127 Å². The molecule has 0 spiro atoms. The van der Waals surface area contributed by atoms with Crippen LogP contribution in [-0.4, -0.2) is 21.5 Å². The van der Waals surface area contributed by atoms with Gasteiger partial charge in [0.05, 0.1) is 6.20 Å². The van der Waals surface area contributed by atoms with Crippen LogP contribution in [0, 0.1) is 0 Å². The van der Waals surface area contributed by atoms with E-state index in [-0.39, 0.29) is 5.92 Å². The van der Waals surface area contributed by atoms with Gasteiger partial charge in [0.15, 0.2) is 0 Å². The molecule has 0 saturated heterocycles. The predicted molar refractivity (Wildman–Crippen MR) is 82.3 cm³/mol. The fourth-order valence-corrected chi connectivity index (χ4v) is 1.94. The van der Waals surface area contributed by atoms with E-state index in [1.165, 1.54) is 0 Å². The zero-order valence-electron chi connectivity index (χ0n) is 11.7. The maximum absolute atomic E-state index is 5.75. The van der Waals surface area contributed by atoms with Gasteiger partial charge in [-0.3, -0.25) is 4.98 Å². The summed E-state index contributed by atoms with van der Waals surface area (Å²) in [7, 11) is 0. The van der Waals surface area contributed by atoms with Crippen LogP contribution in [0.2, 0.25) is 0 Å². The third-order valence-electron chi connectivity index (χ3n) is 2.50. The molecule has 2 aromatic rings. The standard InChI is InChI=1S/C14H17BrN4O/c1-4-17-12-6-13(19-14(18-12)9(2)3)20-11-5-10(15)7-16-8-11/h5-9H,4H2,1-3H3,(H,17,18,19). The molecule has 0 atom stereocenters. The molecule has 0 aliphatic rings. The summed E-state index contributed by atoms with van der Waals surface area (Å²) in [5, 5.41) is 3.18.